The molecule has 0 bridgehead atoms. The van der Waals surface area contributed by atoms with Crippen molar-refractivity contribution in [3.63, 3.8) is 0 Å². The number of hydrogen-bond acceptors (Lipinski definition) is 4. The molecule has 1 aromatic carbocycles. The van der Waals surface area contributed by atoms with Crippen molar-refractivity contribution in [3.05, 3.63) is 34.1 Å². The lowest BCUT2D eigenvalue weighted by atomic mass is 9.92. The summed E-state index contributed by atoms with van der Waals surface area (Å²) in [4.78, 5) is 10.00. The van der Waals surface area contributed by atoms with Crippen molar-refractivity contribution in [3.8, 4) is 11.8 Å². The Morgan fingerprint density at radius 3 is 2.78 bits per heavy atom. The van der Waals surface area contributed by atoms with Crippen molar-refractivity contribution in [2.75, 3.05) is 6.61 Å². The first kappa shape index (κ1) is 13.9. The second-order valence-electron chi connectivity index (χ2n) is 4.44. The number of para-hydroxylation sites is 1. The van der Waals surface area contributed by atoms with Gasteiger partial charge >= 0.3 is 5.69 Å². The summed E-state index contributed by atoms with van der Waals surface area (Å²) in [5, 5.41) is 19.5. The molecule has 0 aliphatic heterocycles. The third kappa shape index (κ3) is 3.42. The van der Waals surface area contributed by atoms with E-state index in [0.717, 1.165) is 6.07 Å². The first-order valence-corrected chi connectivity index (χ1v) is 5.34. The van der Waals surface area contributed by atoms with Crippen molar-refractivity contribution in [2.24, 2.45) is 5.41 Å². The standard InChI is InChI=1S/C12H13FN2O3/c1-12(2,8-14)6-7-18-11-9(13)4-3-5-10(11)15(16)17/h3-5H,6-7H2,1-2H3. The van der Waals surface area contributed by atoms with Gasteiger partial charge in [-0.15, -0.1) is 0 Å². The molecule has 0 aliphatic rings. The number of nitro groups is 1. The number of ether oxygens (including phenoxy) is 1. The van der Waals surface area contributed by atoms with Gasteiger partial charge in [-0.3, -0.25) is 10.1 Å². The number of hydrogen-bond donors (Lipinski definition) is 0. The molecule has 18 heavy (non-hydrogen) atoms. The molecule has 0 aromatic heterocycles. The van der Waals surface area contributed by atoms with E-state index in [9.17, 15) is 14.5 Å². The van der Waals surface area contributed by atoms with Crippen molar-refractivity contribution >= 4 is 5.69 Å². The number of nitrogens with zero attached hydrogens (tertiary/aromatic N) is 2. The molecule has 5 nitrogen and oxygen atoms in total. The van der Waals surface area contributed by atoms with E-state index in [2.05, 4.69) is 6.07 Å². The third-order valence-electron chi connectivity index (χ3n) is 2.42. The highest BCUT2D eigenvalue weighted by Crippen LogP contribution is 2.30. The highest BCUT2D eigenvalue weighted by Gasteiger charge is 2.21. The van der Waals surface area contributed by atoms with E-state index in [1.165, 1.54) is 12.1 Å². The highest BCUT2D eigenvalue weighted by atomic mass is 19.1. The van der Waals surface area contributed by atoms with Gasteiger partial charge in [-0.25, -0.2) is 4.39 Å². The molecule has 0 atom stereocenters. The molecular formula is C12H13FN2O3. The average molecular weight is 252 g/mol. The third-order valence-corrected chi connectivity index (χ3v) is 2.42. The summed E-state index contributed by atoms with van der Waals surface area (Å²) < 4.78 is 18.5. The molecule has 1 aromatic rings. The van der Waals surface area contributed by atoms with Gasteiger partial charge in [-0.05, 0) is 26.3 Å². The van der Waals surface area contributed by atoms with Gasteiger partial charge in [0.25, 0.3) is 0 Å². The van der Waals surface area contributed by atoms with Crippen LogP contribution < -0.4 is 4.74 Å². The molecule has 1 rings (SSSR count). The second kappa shape index (κ2) is 5.45. The average Bonchev–Trinajstić information content (AvgIpc) is 2.30. The van der Waals surface area contributed by atoms with Gasteiger partial charge in [-0.1, -0.05) is 6.07 Å². The van der Waals surface area contributed by atoms with Gasteiger partial charge in [0.1, 0.15) is 0 Å². The van der Waals surface area contributed by atoms with Crippen LogP contribution >= 0.6 is 0 Å². The number of halogens is 1. The molecule has 0 fully saturated rings. The van der Waals surface area contributed by atoms with E-state index in [1.807, 2.05) is 0 Å². The second-order valence-corrected chi connectivity index (χ2v) is 4.44. The zero-order chi connectivity index (χ0) is 13.8. The van der Waals surface area contributed by atoms with Crippen LogP contribution in [0.3, 0.4) is 0 Å². The minimum Gasteiger partial charge on any atom is -0.485 e. The summed E-state index contributed by atoms with van der Waals surface area (Å²) in [6.45, 7) is 3.47. The molecule has 0 saturated carbocycles. The Kier molecular flexibility index (Phi) is 4.21. The monoisotopic (exact) mass is 252 g/mol. The van der Waals surface area contributed by atoms with Crippen LogP contribution in [0.25, 0.3) is 0 Å². The topological polar surface area (TPSA) is 76.2 Å². The molecule has 0 saturated heterocycles. The van der Waals surface area contributed by atoms with Crippen LogP contribution in [0.2, 0.25) is 0 Å². The van der Waals surface area contributed by atoms with Gasteiger partial charge in [-0.2, -0.15) is 5.26 Å². The summed E-state index contributed by atoms with van der Waals surface area (Å²) in [6, 6.07) is 5.59. The number of rotatable bonds is 5. The van der Waals surface area contributed by atoms with Crippen LogP contribution in [0.5, 0.6) is 5.75 Å². The number of benzene rings is 1. The first-order valence-electron chi connectivity index (χ1n) is 5.34. The molecule has 0 unspecified atom stereocenters. The maximum atomic E-state index is 13.4. The normalized spacial score (nSPS) is 10.8. The summed E-state index contributed by atoms with van der Waals surface area (Å²) in [5.74, 6) is -1.16. The maximum Gasteiger partial charge on any atom is 0.314 e. The van der Waals surface area contributed by atoms with E-state index in [4.69, 9.17) is 10.00 Å². The van der Waals surface area contributed by atoms with E-state index in [1.54, 1.807) is 13.8 Å². The van der Waals surface area contributed by atoms with Crippen molar-refractivity contribution in [1.82, 2.24) is 0 Å². The van der Waals surface area contributed by atoms with E-state index >= 15 is 0 Å². The molecule has 0 N–H and O–H groups in total. The lowest BCUT2D eigenvalue weighted by molar-refractivity contribution is -0.386. The van der Waals surface area contributed by atoms with Crippen molar-refractivity contribution < 1.29 is 14.1 Å². The fourth-order valence-electron chi connectivity index (χ4n) is 1.25. The summed E-state index contributed by atoms with van der Waals surface area (Å²) in [5.41, 5.74) is -1.02. The minimum atomic E-state index is -0.779. The largest absolute Gasteiger partial charge is 0.485 e. The van der Waals surface area contributed by atoms with Crippen LogP contribution in [0.4, 0.5) is 10.1 Å². The predicted octanol–water partition coefficient (Wildman–Crippen LogP) is 3.05. The first-order chi connectivity index (χ1) is 8.37. The van der Waals surface area contributed by atoms with Gasteiger partial charge in [0, 0.05) is 6.07 Å². The molecule has 96 valence electrons. The minimum absolute atomic E-state index is 0.0440. The fourth-order valence-corrected chi connectivity index (χ4v) is 1.25. The Balaban J connectivity index is 2.80. The predicted molar refractivity (Wildman–Crippen MR) is 62.6 cm³/mol. The molecule has 0 heterocycles. The van der Waals surface area contributed by atoms with E-state index in [-0.39, 0.29) is 12.4 Å². The molecule has 0 radical (unpaired) electrons. The van der Waals surface area contributed by atoms with Gasteiger partial charge < -0.3 is 4.74 Å². The van der Waals surface area contributed by atoms with Gasteiger partial charge in [0.05, 0.1) is 23.0 Å². The summed E-state index contributed by atoms with van der Waals surface area (Å²) in [6.07, 6.45) is 0.356. The molecule has 0 spiro atoms. The van der Waals surface area contributed by atoms with Crippen LogP contribution in [-0.2, 0) is 0 Å². The van der Waals surface area contributed by atoms with Gasteiger partial charge in [0.15, 0.2) is 5.82 Å². The molecule has 0 aliphatic carbocycles. The quantitative estimate of drug-likeness (QED) is 0.596. The van der Waals surface area contributed by atoms with E-state index in [0.29, 0.717) is 6.42 Å². The zero-order valence-corrected chi connectivity index (χ0v) is 10.1. The lowest BCUT2D eigenvalue weighted by Gasteiger charge is -2.15. The molecular weight excluding hydrogens is 239 g/mol. The van der Waals surface area contributed by atoms with Crippen LogP contribution in [0.1, 0.15) is 20.3 Å². The molecule has 0 amide bonds. The zero-order valence-electron chi connectivity index (χ0n) is 10.1. The summed E-state index contributed by atoms with van der Waals surface area (Å²) in [7, 11) is 0. The number of nitriles is 1. The smallest absolute Gasteiger partial charge is 0.314 e. The Morgan fingerprint density at radius 1 is 1.56 bits per heavy atom. The summed E-state index contributed by atoms with van der Waals surface area (Å²) >= 11 is 0. The Morgan fingerprint density at radius 2 is 2.22 bits per heavy atom. The number of nitro benzene ring substituents is 1. The van der Waals surface area contributed by atoms with Crippen molar-refractivity contribution in [1.29, 1.82) is 5.26 Å². The maximum absolute atomic E-state index is 13.4. The van der Waals surface area contributed by atoms with Crippen LogP contribution in [0.15, 0.2) is 18.2 Å². The fraction of sp³-hybridized carbons (Fsp3) is 0.417. The SMILES string of the molecule is CC(C)(C#N)CCOc1c(F)cccc1[N+](=O)[O-]. The van der Waals surface area contributed by atoms with Crippen LogP contribution in [0, 0.1) is 32.7 Å². The van der Waals surface area contributed by atoms with E-state index < -0.39 is 21.8 Å². The highest BCUT2D eigenvalue weighted by molar-refractivity contribution is 5.46. The van der Waals surface area contributed by atoms with Gasteiger partial charge in [0.2, 0.25) is 5.75 Å². The molecule has 6 heteroatoms. The van der Waals surface area contributed by atoms with Crippen molar-refractivity contribution in [2.45, 2.75) is 20.3 Å². The Bertz CT molecular complexity index is 495. The Labute approximate surface area is 104 Å². The van der Waals surface area contributed by atoms with Crippen LogP contribution in [-0.4, -0.2) is 11.5 Å². The lowest BCUT2D eigenvalue weighted by Crippen LogP contribution is -2.14. The Hall–Kier alpha value is -2.16.